The van der Waals surface area contributed by atoms with E-state index in [2.05, 4.69) is 59.4 Å². The number of aryl methyl sites for hydroxylation is 1. The second kappa shape index (κ2) is 6.45. The van der Waals surface area contributed by atoms with Gasteiger partial charge >= 0.3 is 0 Å². The lowest BCUT2D eigenvalue weighted by Gasteiger charge is -1.99. The minimum Gasteiger partial charge on any atom is -0.310 e. The fourth-order valence-corrected chi connectivity index (χ4v) is 2.96. The van der Waals surface area contributed by atoms with E-state index < -0.39 is 0 Å². The summed E-state index contributed by atoms with van der Waals surface area (Å²) in [7, 11) is 0. The highest BCUT2D eigenvalue weighted by atomic mass is 79.9. The second-order valence-electron chi connectivity index (χ2n) is 4.20. The maximum atomic E-state index is 4.72. The Morgan fingerprint density at radius 2 is 2.00 bits per heavy atom. The molecule has 0 aliphatic carbocycles. The zero-order valence-electron chi connectivity index (χ0n) is 10.7. The third-order valence-corrected chi connectivity index (χ3v) is 4.16. The molecule has 96 valence electrons. The first-order valence-electron chi connectivity index (χ1n) is 6.13. The number of thiazole rings is 1. The van der Waals surface area contributed by atoms with E-state index in [0.717, 1.165) is 29.7 Å². The fourth-order valence-electron chi connectivity index (χ4n) is 1.77. The molecule has 0 amide bonds. The van der Waals surface area contributed by atoms with Crippen molar-refractivity contribution >= 4 is 27.3 Å². The lowest BCUT2D eigenvalue weighted by molar-refractivity contribution is 0.673. The molecule has 1 N–H and O–H groups in total. The predicted octanol–water partition coefficient (Wildman–Crippen LogP) is 4.38. The molecule has 0 saturated heterocycles. The van der Waals surface area contributed by atoms with Gasteiger partial charge in [0.15, 0.2) is 0 Å². The molecule has 2 aromatic rings. The number of hydrogen-bond donors (Lipinski definition) is 1. The lowest BCUT2D eigenvalue weighted by atomic mass is 10.1. The van der Waals surface area contributed by atoms with E-state index in [9.17, 15) is 0 Å². The summed E-state index contributed by atoms with van der Waals surface area (Å²) in [5.74, 6) is 0. The van der Waals surface area contributed by atoms with Gasteiger partial charge in [-0.1, -0.05) is 35.0 Å². The van der Waals surface area contributed by atoms with Crippen LogP contribution in [0.4, 0.5) is 0 Å². The van der Waals surface area contributed by atoms with Crippen molar-refractivity contribution in [3.05, 3.63) is 38.6 Å². The van der Waals surface area contributed by atoms with Crippen molar-refractivity contribution < 1.29 is 0 Å². The van der Waals surface area contributed by atoms with E-state index in [1.807, 2.05) is 0 Å². The summed E-state index contributed by atoms with van der Waals surface area (Å²) in [5, 5.41) is 4.56. The molecule has 0 radical (unpaired) electrons. The summed E-state index contributed by atoms with van der Waals surface area (Å²) < 4.78 is 1.10. The van der Waals surface area contributed by atoms with Crippen molar-refractivity contribution in [3.63, 3.8) is 0 Å². The Kier molecular flexibility index (Phi) is 4.92. The van der Waals surface area contributed by atoms with Crippen LogP contribution in [0.2, 0.25) is 0 Å². The first kappa shape index (κ1) is 13.7. The zero-order chi connectivity index (χ0) is 13.0. The maximum Gasteiger partial charge on any atom is 0.107 e. The molecular formula is C14H17BrN2S. The van der Waals surface area contributed by atoms with Crippen LogP contribution in [0, 0.1) is 6.92 Å². The summed E-state index contributed by atoms with van der Waals surface area (Å²) in [4.78, 5) is 6.01. The molecule has 2 rings (SSSR count). The van der Waals surface area contributed by atoms with Gasteiger partial charge < -0.3 is 5.32 Å². The number of hydrogen-bond acceptors (Lipinski definition) is 3. The average Bonchev–Trinajstić information content (AvgIpc) is 2.72. The van der Waals surface area contributed by atoms with E-state index in [4.69, 9.17) is 4.98 Å². The molecule has 0 unspecified atom stereocenters. The van der Waals surface area contributed by atoms with Gasteiger partial charge in [-0.05, 0) is 32.0 Å². The number of aromatic nitrogens is 1. The van der Waals surface area contributed by atoms with Gasteiger partial charge in [-0.25, -0.2) is 4.98 Å². The van der Waals surface area contributed by atoms with Crippen LogP contribution in [-0.2, 0) is 6.54 Å². The quantitative estimate of drug-likeness (QED) is 0.825. The van der Waals surface area contributed by atoms with Gasteiger partial charge in [-0.3, -0.25) is 0 Å². The largest absolute Gasteiger partial charge is 0.310 e. The van der Waals surface area contributed by atoms with Crippen molar-refractivity contribution in [2.45, 2.75) is 26.8 Å². The minimum atomic E-state index is 0.871. The Morgan fingerprint density at radius 1 is 1.28 bits per heavy atom. The van der Waals surface area contributed by atoms with Crippen LogP contribution in [-0.4, -0.2) is 11.5 Å². The van der Waals surface area contributed by atoms with Crippen molar-refractivity contribution in [2.75, 3.05) is 6.54 Å². The van der Waals surface area contributed by atoms with Crippen molar-refractivity contribution in [3.8, 4) is 11.3 Å². The van der Waals surface area contributed by atoms with Crippen molar-refractivity contribution in [1.29, 1.82) is 0 Å². The molecule has 1 aromatic heterocycles. The number of nitrogens with one attached hydrogen (secondary N) is 1. The predicted molar refractivity (Wildman–Crippen MR) is 82.0 cm³/mol. The summed E-state index contributed by atoms with van der Waals surface area (Å²) in [5.41, 5.74) is 2.30. The van der Waals surface area contributed by atoms with E-state index in [-0.39, 0.29) is 0 Å². The molecule has 4 heteroatoms. The second-order valence-corrected chi connectivity index (χ2v) is 6.40. The summed E-state index contributed by atoms with van der Waals surface area (Å²) in [6.45, 7) is 6.23. The number of halogens is 1. The number of nitrogens with zero attached hydrogens (tertiary/aromatic N) is 1. The standard InChI is InChI=1S/C14H17BrN2S/c1-3-8-16-9-13-17-14(10(2)18-13)11-4-6-12(15)7-5-11/h4-7,16H,3,8-9H2,1-2H3. The molecule has 0 bridgehead atoms. The third kappa shape index (κ3) is 3.40. The molecule has 1 aromatic carbocycles. The third-order valence-electron chi connectivity index (χ3n) is 2.66. The number of benzene rings is 1. The van der Waals surface area contributed by atoms with Gasteiger partial charge in [0, 0.05) is 21.5 Å². The highest BCUT2D eigenvalue weighted by Crippen LogP contribution is 2.28. The average molecular weight is 325 g/mol. The molecule has 0 atom stereocenters. The molecule has 0 aliphatic heterocycles. The van der Waals surface area contributed by atoms with Crippen molar-refractivity contribution in [1.82, 2.24) is 10.3 Å². The Labute approximate surface area is 121 Å². The van der Waals surface area contributed by atoms with E-state index in [1.54, 1.807) is 11.3 Å². The Bertz CT molecular complexity index is 505. The monoisotopic (exact) mass is 324 g/mol. The van der Waals surface area contributed by atoms with Crippen molar-refractivity contribution in [2.24, 2.45) is 0 Å². The SMILES string of the molecule is CCCNCc1nc(-c2ccc(Br)cc2)c(C)s1. The molecule has 1 heterocycles. The van der Waals surface area contributed by atoms with E-state index in [1.165, 1.54) is 15.4 Å². The number of rotatable bonds is 5. The van der Waals surface area contributed by atoms with Gasteiger partial charge in [0.25, 0.3) is 0 Å². The lowest BCUT2D eigenvalue weighted by Crippen LogP contribution is -2.13. The smallest absolute Gasteiger partial charge is 0.107 e. The van der Waals surface area contributed by atoms with Gasteiger partial charge in [0.05, 0.1) is 5.69 Å². The first-order valence-corrected chi connectivity index (χ1v) is 7.74. The fraction of sp³-hybridized carbons (Fsp3) is 0.357. The molecule has 0 spiro atoms. The van der Waals surface area contributed by atoms with Gasteiger partial charge in [0.1, 0.15) is 5.01 Å². The van der Waals surface area contributed by atoms with Gasteiger partial charge in [-0.2, -0.15) is 0 Å². The molecule has 18 heavy (non-hydrogen) atoms. The molecular weight excluding hydrogens is 308 g/mol. The first-order chi connectivity index (χ1) is 8.70. The molecule has 2 nitrogen and oxygen atoms in total. The zero-order valence-corrected chi connectivity index (χ0v) is 13.1. The molecule has 0 fully saturated rings. The van der Waals surface area contributed by atoms with E-state index >= 15 is 0 Å². The topological polar surface area (TPSA) is 24.9 Å². The van der Waals surface area contributed by atoms with Crippen LogP contribution in [0.15, 0.2) is 28.7 Å². The van der Waals surface area contributed by atoms with Gasteiger partial charge in [-0.15, -0.1) is 11.3 Å². The summed E-state index contributed by atoms with van der Waals surface area (Å²) in [6.07, 6.45) is 1.16. The molecule has 0 saturated carbocycles. The highest BCUT2D eigenvalue weighted by Gasteiger charge is 2.09. The summed E-state index contributed by atoms with van der Waals surface area (Å²) in [6, 6.07) is 8.33. The Hall–Kier alpha value is -0.710. The molecule has 0 aliphatic rings. The van der Waals surface area contributed by atoms with Crippen LogP contribution in [0.25, 0.3) is 11.3 Å². The van der Waals surface area contributed by atoms with Gasteiger partial charge in [0.2, 0.25) is 0 Å². The normalized spacial score (nSPS) is 10.8. The van der Waals surface area contributed by atoms with Crippen LogP contribution in [0.5, 0.6) is 0 Å². The van der Waals surface area contributed by atoms with E-state index in [0.29, 0.717) is 0 Å². The highest BCUT2D eigenvalue weighted by molar-refractivity contribution is 9.10. The Morgan fingerprint density at radius 3 is 2.67 bits per heavy atom. The van der Waals surface area contributed by atoms with Crippen LogP contribution < -0.4 is 5.32 Å². The summed E-state index contributed by atoms with van der Waals surface area (Å²) >= 11 is 5.23. The van der Waals surface area contributed by atoms with Crippen LogP contribution in [0.3, 0.4) is 0 Å². The van der Waals surface area contributed by atoms with Crippen LogP contribution in [0.1, 0.15) is 23.2 Å². The maximum absolute atomic E-state index is 4.72. The minimum absolute atomic E-state index is 0.871. The van der Waals surface area contributed by atoms with Crippen LogP contribution >= 0.6 is 27.3 Å². The Balaban J connectivity index is 2.16.